The van der Waals surface area contributed by atoms with Crippen molar-refractivity contribution in [3.8, 4) is 0 Å². The molecule has 1 N–H and O–H groups in total. The van der Waals surface area contributed by atoms with E-state index in [1.807, 2.05) is 18.2 Å². The zero-order valence-electron chi connectivity index (χ0n) is 12.5. The van der Waals surface area contributed by atoms with E-state index < -0.39 is 5.54 Å². The molecular weight excluding hydrogens is 321 g/mol. The first kappa shape index (κ1) is 16.1. The normalized spacial score (nSPS) is 20.6. The van der Waals surface area contributed by atoms with Crippen molar-refractivity contribution in [2.75, 3.05) is 6.61 Å². The van der Waals surface area contributed by atoms with E-state index in [0.29, 0.717) is 10.0 Å². The molecule has 0 aromatic heterocycles. The van der Waals surface area contributed by atoms with Gasteiger partial charge in [-0.15, -0.1) is 0 Å². The minimum absolute atomic E-state index is 0.0809. The van der Waals surface area contributed by atoms with Gasteiger partial charge in [-0.2, -0.15) is 0 Å². The lowest BCUT2D eigenvalue weighted by Crippen LogP contribution is -2.52. The van der Waals surface area contributed by atoms with Crippen molar-refractivity contribution in [3.63, 3.8) is 0 Å². The van der Waals surface area contributed by atoms with Crippen LogP contribution in [0.2, 0.25) is 10.0 Å². The van der Waals surface area contributed by atoms with Crippen LogP contribution in [-0.2, 0) is 15.1 Å². The molecule has 5 heteroatoms. The van der Waals surface area contributed by atoms with Crippen molar-refractivity contribution in [1.82, 2.24) is 5.32 Å². The molecule has 1 aromatic carbocycles. The minimum atomic E-state index is -0.425. The van der Waals surface area contributed by atoms with Crippen LogP contribution < -0.4 is 5.32 Å². The molecule has 22 heavy (non-hydrogen) atoms. The summed E-state index contributed by atoms with van der Waals surface area (Å²) in [5.41, 5.74) is 0.421. The van der Waals surface area contributed by atoms with Gasteiger partial charge in [0, 0.05) is 15.6 Å². The quantitative estimate of drug-likeness (QED) is 0.859. The molecule has 0 spiro atoms. The zero-order chi connectivity index (χ0) is 15.6. The van der Waals surface area contributed by atoms with E-state index in [-0.39, 0.29) is 18.6 Å². The molecule has 2 aliphatic rings. The molecule has 0 heterocycles. The monoisotopic (exact) mass is 341 g/mol. The highest BCUT2D eigenvalue weighted by atomic mass is 35.5. The first-order chi connectivity index (χ1) is 10.6. The average molecular weight is 342 g/mol. The van der Waals surface area contributed by atoms with Crippen LogP contribution in [0.1, 0.15) is 50.5 Å². The molecule has 1 amide bonds. The molecule has 3 nitrogen and oxygen atoms in total. The fourth-order valence-corrected chi connectivity index (χ4v) is 4.23. The standard InChI is InChI=1S/C17H21Cl2NO2/c18-13-7-3-8-14(19)16(13)17(9-4-10-17)20-15(21)11-22-12-5-1-2-6-12/h3,7-8,12H,1-2,4-6,9-11H2,(H,20,21). The molecule has 0 saturated heterocycles. The Hall–Kier alpha value is -0.770. The summed E-state index contributed by atoms with van der Waals surface area (Å²) in [7, 11) is 0. The van der Waals surface area contributed by atoms with Gasteiger partial charge in [-0.1, -0.05) is 42.1 Å². The first-order valence-corrected chi connectivity index (χ1v) is 8.73. The molecule has 0 unspecified atom stereocenters. The van der Waals surface area contributed by atoms with Gasteiger partial charge in [-0.05, 0) is 44.2 Å². The van der Waals surface area contributed by atoms with Gasteiger partial charge >= 0.3 is 0 Å². The van der Waals surface area contributed by atoms with Crippen LogP contribution in [0.15, 0.2) is 18.2 Å². The molecular formula is C17H21Cl2NO2. The second-order valence-electron chi connectivity index (χ2n) is 6.30. The van der Waals surface area contributed by atoms with Gasteiger partial charge in [0.15, 0.2) is 0 Å². The van der Waals surface area contributed by atoms with Gasteiger partial charge in [0.25, 0.3) is 0 Å². The predicted molar refractivity (Wildman–Crippen MR) is 88.3 cm³/mol. The van der Waals surface area contributed by atoms with Crippen LogP contribution >= 0.6 is 23.2 Å². The SMILES string of the molecule is O=C(COC1CCCC1)NC1(c2c(Cl)cccc2Cl)CCC1. The van der Waals surface area contributed by atoms with E-state index in [2.05, 4.69) is 5.32 Å². The number of halogens is 2. The molecule has 2 saturated carbocycles. The summed E-state index contributed by atoms with van der Waals surface area (Å²) in [6.45, 7) is 0.120. The number of hydrogen-bond acceptors (Lipinski definition) is 2. The second kappa shape index (κ2) is 6.77. The third-order valence-electron chi connectivity index (χ3n) is 4.78. The van der Waals surface area contributed by atoms with Gasteiger partial charge in [-0.3, -0.25) is 4.79 Å². The van der Waals surface area contributed by atoms with Crippen LogP contribution in [0.5, 0.6) is 0 Å². The Kier molecular flexibility index (Phi) is 4.96. The molecule has 3 rings (SSSR count). The summed E-state index contributed by atoms with van der Waals surface area (Å²) >= 11 is 12.6. The van der Waals surface area contributed by atoms with Gasteiger partial charge < -0.3 is 10.1 Å². The number of hydrogen-bond donors (Lipinski definition) is 1. The summed E-state index contributed by atoms with van der Waals surface area (Å²) in [5, 5.41) is 4.35. The molecule has 0 atom stereocenters. The Morgan fingerprint density at radius 2 is 1.82 bits per heavy atom. The predicted octanol–water partition coefficient (Wildman–Crippen LogP) is 4.45. The van der Waals surface area contributed by atoms with E-state index in [0.717, 1.165) is 37.7 Å². The summed E-state index contributed by atoms with van der Waals surface area (Å²) in [4.78, 5) is 12.3. The molecule has 2 fully saturated rings. The van der Waals surface area contributed by atoms with Crippen molar-refractivity contribution in [3.05, 3.63) is 33.8 Å². The van der Waals surface area contributed by atoms with E-state index in [1.165, 1.54) is 12.8 Å². The van der Waals surface area contributed by atoms with Crippen molar-refractivity contribution < 1.29 is 9.53 Å². The van der Waals surface area contributed by atoms with Crippen LogP contribution in [-0.4, -0.2) is 18.6 Å². The number of carbonyl (C=O) groups excluding carboxylic acids is 1. The van der Waals surface area contributed by atoms with Crippen LogP contribution in [0.3, 0.4) is 0 Å². The summed E-state index contributed by atoms with van der Waals surface area (Å²) in [6, 6.07) is 5.47. The average Bonchev–Trinajstić information content (AvgIpc) is 2.95. The number of nitrogens with one attached hydrogen (secondary N) is 1. The lowest BCUT2D eigenvalue weighted by atomic mass is 9.71. The largest absolute Gasteiger partial charge is 0.368 e. The number of ether oxygens (including phenoxy) is 1. The Labute approximate surface area is 141 Å². The van der Waals surface area contributed by atoms with Crippen LogP contribution in [0, 0.1) is 0 Å². The molecule has 1 aromatic rings. The van der Waals surface area contributed by atoms with Crippen molar-refractivity contribution in [1.29, 1.82) is 0 Å². The summed E-state index contributed by atoms with van der Waals surface area (Å²) in [6.07, 6.45) is 7.57. The van der Waals surface area contributed by atoms with Crippen molar-refractivity contribution in [2.24, 2.45) is 0 Å². The highest BCUT2D eigenvalue weighted by molar-refractivity contribution is 6.36. The second-order valence-corrected chi connectivity index (χ2v) is 7.11. The maximum absolute atomic E-state index is 12.3. The third kappa shape index (κ3) is 3.27. The van der Waals surface area contributed by atoms with Gasteiger partial charge in [0.2, 0.25) is 5.91 Å². The molecule has 0 radical (unpaired) electrons. The lowest BCUT2D eigenvalue weighted by molar-refractivity contribution is -0.130. The van der Waals surface area contributed by atoms with Gasteiger partial charge in [-0.25, -0.2) is 0 Å². The topological polar surface area (TPSA) is 38.3 Å². The molecule has 120 valence electrons. The number of benzene rings is 1. The Bertz CT molecular complexity index is 531. The highest BCUT2D eigenvalue weighted by Crippen LogP contribution is 2.46. The van der Waals surface area contributed by atoms with E-state index in [4.69, 9.17) is 27.9 Å². The van der Waals surface area contributed by atoms with E-state index >= 15 is 0 Å². The number of rotatable bonds is 5. The number of carbonyl (C=O) groups is 1. The molecule has 0 aliphatic heterocycles. The summed E-state index contributed by atoms with van der Waals surface area (Å²) in [5.74, 6) is -0.0809. The van der Waals surface area contributed by atoms with Crippen LogP contribution in [0.25, 0.3) is 0 Å². The fourth-order valence-electron chi connectivity index (χ4n) is 3.47. The Balaban J connectivity index is 1.67. The fraction of sp³-hybridized carbons (Fsp3) is 0.588. The first-order valence-electron chi connectivity index (χ1n) is 7.98. The number of amides is 1. The summed E-state index contributed by atoms with van der Waals surface area (Å²) < 4.78 is 5.70. The van der Waals surface area contributed by atoms with Gasteiger partial charge in [0.1, 0.15) is 6.61 Å². The van der Waals surface area contributed by atoms with Crippen molar-refractivity contribution in [2.45, 2.75) is 56.6 Å². The van der Waals surface area contributed by atoms with Crippen molar-refractivity contribution >= 4 is 29.1 Å². The zero-order valence-corrected chi connectivity index (χ0v) is 14.1. The Morgan fingerprint density at radius 1 is 1.18 bits per heavy atom. The van der Waals surface area contributed by atoms with Gasteiger partial charge in [0.05, 0.1) is 11.6 Å². The van der Waals surface area contributed by atoms with Crippen LogP contribution in [0.4, 0.5) is 0 Å². The smallest absolute Gasteiger partial charge is 0.246 e. The molecule has 0 bridgehead atoms. The lowest BCUT2D eigenvalue weighted by Gasteiger charge is -2.44. The third-order valence-corrected chi connectivity index (χ3v) is 5.41. The van der Waals surface area contributed by atoms with E-state index in [9.17, 15) is 4.79 Å². The minimum Gasteiger partial charge on any atom is -0.368 e. The maximum Gasteiger partial charge on any atom is 0.246 e. The molecule has 2 aliphatic carbocycles. The maximum atomic E-state index is 12.3. The van der Waals surface area contributed by atoms with E-state index in [1.54, 1.807) is 0 Å². The Morgan fingerprint density at radius 3 is 2.36 bits per heavy atom. The highest BCUT2D eigenvalue weighted by Gasteiger charge is 2.42.